The number of rotatable bonds is 8. The zero-order valence-corrected chi connectivity index (χ0v) is 15.8. The summed E-state index contributed by atoms with van der Waals surface area (Å²) in [6.07, 6.45) is 0. The average molecular weight is 355 g/mol. The van der Waals surface area contributed by atoms with Crippen LogP contribution < -0.4 is 10.6 Å². The lowest BCUT2D eigenvalue weighted by atomic mass is 9.98. The maximum absolute atomic E-state index is 11.9. The van der Waals surface area contributed by atoms with Crippen molar-refractivity contribution in [2.45, 2.75) is 20.0 Å². The van der Waals surface area contributed by atoms with Crippen molar-refractivity contribution >= 4 is 6.03 Å². The fourth-order valence-electron chi connectivity index (χ4n) is 2.68. The summed E-state index contributed by atoms with van der Waals surface area (Å²) in [6, 6.07) is 16.4. The van der Waals surface area contributed by atoms with Gasteiger partial charge in [0.2, 0.25) is 0 Å². The number of carbonyl (C=O) groups excluding carboxylic acids is 1. The van der Waals surface area contributed by atoms with E-state index >= 15 is 0 Å². The van der Waals surface area contributed by atoms with E-state index in [1.54, 1.807) is 0 Å². The van der Waals surface area contributed by atoms with Gasteiger partial charge in [-0.25, -0.2) is 4.79 Å². The fourth-order valence-corrected chi connectivity index (χ4v) is 2.68. The summed E-state index contributed by atoms with van der Waals surface area (Å²) < 4.78 is 0. The first-order valence-corrected chi connectivity index (χ1v) is 8.94. The Balaban J connectivity index is 2.02. The monoisotopic (exact) mass is 355 g/mol. The molecular weight excluding hydrogens is 326 g/mol. The lowest BCUT2D eigenvalue weighted by molar-refractivity contribution is 0.222. The third kappa shape index (κ3) is 6.17. The van der Waals surface area contributed by atoms with E-state index in [0.29, 0.717) is 13.1 Å². The summed E-state index contributed by atoms with van der Waals surface area (Å²) in [4.78, 5) is 14.1. The van der Waals surface area contributed by atoms with Crippen LogP contribution in [0, 0.1) is 5.92 Å². The van der Waals surface area contributed by atoms with Gasteiger partial charge in [0.25, 0.3) is 0 Å². The number of carbonyl (C=O) groups is 1. The van der Waals surface area contributed by atoms with Crippen LogP contribution >= 0.6 is 0 Å². The molecule has 0 aliphatic rings. The molecule has 0 saturated carbocycles. The molecule has 140 valence electrons. The molecular formula is C21H29N3O2. The third-order valence-electron chi connectivity index (χ3n) is 4.14. The highest BCUT2D eigenvalue weighted by atomic mass is 16.3. The van der Waals surface area contributed by atoms with Crippen LogP contribution in [0.3, 0.4) is 0 Å². The Morgan fingerprint density at radius 3 is 2.42 bits per heavy atom. The van der Waals surface area contributed by atoms with Crippen LogP contribution in [0.25, 0.3) is 11.1 Å². The van der Waals surface area contributed by atoms with Gasteiger partial charge in [0, 0.05) is 26.2 Å². The quantitative estimate of drug-likeness (QED) is 0.682. The van der Waals surface area contributed by atoms with E-state index in [9.17, 15) is 4.79 Å². The van der Waals surface area contributed by atoms with Crippen molar-refractivity contribution in [3.8, 4) is 11.1 Å². The van der Waals surface area contributed by atoms with Gasteiger partial charge in [-0.2, -0.15) is 0 Å². The molecule has 26 heavy (non-hydrogen) atoms. The van der Waals surface area contributed by atoms with E-state index in [1.807, 2.05) is 25.1 Å². The van der Waals surface area contributed by atoms with E-state index in [0.717, 1.165) is 23.2 Å². The lowest BCUT2D eigenvalue weighted by Crippen LogP contribution is -2.38. The molecule has 0 spiro atoms. The molecule has 0 heterocycles. The maximum Gasteiger partial charge on any atom is 0.315 e. The zero-order chi connectivity index (χ0) is 18.9. The molecule has 0 saturated heterocycles. The van der Waals surface area contributed by atoms with Crippen molar-refractivity contribution in [1.82, 2.24) is 15.5 Å². The van der Waals surface area contributed by atoms with Crippen LogP contribution in [0.1, 0.15) is 18.1 Å². The molecule has 3 N–H and O–H groups in total. The number of hydrogen-bond acceptors (Lipinski definition) is 3. The van der Waals surface area contributed by atoms with Crippen LogP contribution in [0.4, 0.5) is 4.79 Å². The number of hydrogen-bond donors (Lipinski definition) is 3. The normalized spacial score (nSPS) is 12.0. The number of benzene rings is 2. The number of nitrogens with zero attached hydrogens (tertiary/aromatic N) is 1. The molecule has 2 aromatic rings. The average Bonchev–Trinajstić information content (AvgIpc) is 2.65. The Morgan fingerprint density at radius 2 is 1.77 bits per heavy atom. The minimum Gasteiger partial charge on any atom is -0.396 e. The molecule has 2 amide bonds. The Bertz CT molecular complexity index is 699. The summed E-state index contributed by atoms with van der Waals surface area (Å²) in [5, 5.41) is 14.7. The predicted molar refractivity (Wildman–Crippen MR) is 106 cm³/mol. The zero-order valence-electron chi connectivity index (χ0n) is 15.8. The summed E-state index contributed by atoms with van der Waals surface area (Å²) in [7, 11) is 4.11. The molecule has 0 aliphatic heterocycles. The van der Waals surface area contributed by atoms with Gasteiger partial charge in [0.15, 0.2) is 0 Å². The van der Waals surface area contributed by atoms with Crippen molar-refractivity contribution in [2.75, 3.05) is 27.2 Å². The Morgan fingerprint density at radius 1 is 1.08 bits per heavy atom. The van der Waals surface area contributed by atoms with Crippen LogP contribution in [0.15, 0.2) is 48.5 Å². The van der Waals surface area contributed by atoms with E-state index in [2.05, 4.69) is 60.0 Å². The van der Waals surface area contributed by atoms with Gasteiger partial charge in [-0.05, 0) is 42.3 Å². The molecule has 0 bridgehead atoms. The van der Waals surface area contributed by atoms with E-state index < -0.39 is 0 Å². The molecule has 0 aliphatic carbocycles. The highest BCUT2D eigenvalue weighted by molar-refractivity contribution is 5.74. The Labute approximate surface area is 156 Å². The topological polar surface area (TPSA) is 64.6 Å². The molecule has 1 unspecified atom stereocenters. The minimum absolute atomic E-state index is 0.0497. The molecule has 5 heteroatoms. The number of nitrogens with one attached hydrogen (secondary N) is 2. The van der Waals surface area contributed by atoms with Gasteiger partial charge in [-0.15, -0.1) is 0 Å². The molecule has 2 rings (SSSR count). The second kappa shape index (κ2) is 9.94. The van der Waals surface area contributed by atoms with Gasteiger partial charge >= 0.3 is 6.03 Å². The van der Waals surface area contributed by atoms with Gasteiger partial charge < -0.3 is 20.6 Å². The first-order valence-electron chi connectivity index (χ1n) is 8.94. The van der Waals surface area contributed by atoms with E-state index in [-0.39, 0.29) is 18.6 Å². The van der Waals surface area contributed by atoms with Crippen molar-refractivity contribution < 1.29 is 9.90 Å². The molecule has 2 aromatic carbocycles. The number of aliphatic hydroxyl groups is 1. The van der Waals surface area contributed by atoms with E-state index in [4.69, 9.17) is 5.11 Å². The number of aliphatic hydroxyl groups excluding tert-OH is 1. The maximum atomic E-state index is 11.9. The molecule has 5 nitrogen and oxygen atoms in total. The van der Waals surface area contributed by atoms with E-state index in [1.165, 1.54) is 5.56 Å². The Kier molecular flexibility index (Phi) is 7.63. The van der Waals surface area contributed by atoms with Gasteiger partial charge in [0.1, 0.15) is 0 Å². The van der Waals surface area contributed by atoms with Crippen molar-refractivity contribution in [3.05, 3.63) is 59.7 Å². The van der Waals surface area contributed by atoms with Crippen LogP contribution in [-0.4, -0.2) is 43.3 Å². The van der Waals surface area contributed by atoms with Crippen LogP contribution in [0.2, 0.25) is 0 Å². The lowest BCUT2D eigenvalue weighted by Gasteiger charge is -2.14. The summed E-state index contributed by atoms with van der Waals surface area (Å²) >= 11 is 0. The summed E-state index contributed by atoms with van der Waals surface area (Å²) in [6.45, 7) is 3.77. The van der Waals surface area contributed by atoms with Gasteiger partial charge in [-0.1, -0.05) is 55.5 Å². The molecule has 0 fully saturated rings. The molecule has 0 radical (unpaired) electrons. The van der Waals surface area contributed by atoms with Gasteiger partial charge in [-0.3, -0.25) is 0 Å². The highest BCUT2D eigenvalue weighted by Crippen LogP contribution is 2.24. The molecule has 1 atom stereocenters. The fraction of sp³-hybridized carbons (Fsp3) is 0.381. The summed E-state index contributed by atoms with van der Waals surface area (Å²) in [5.41, 5.74) is 4.59. The first-order chi connectivity index (χ1) is 12.5. The Hall–Kier alpha value is -2.37. The number of amides is 2. The molecule has 0 aromatic heterocycles. The highest BCUT2D eigenvalue weighted by Gasteiger charge is 2.08. The first kappa shape index (κ1) is 19.9. The van der Waals surface area contributed by atoms with Crippen molar-refractivity contribution in [1.29, 1.82) is 0 Å². The van der Waals surface area contributed by atoms with Gasteiger partial charge in [0.05, 0.1) is 0 Å². The minimum atomic E-state index is -0.221. The predicted octanol–water partition coefficient (Wildman–Crippen LogP) is 2.84. The second-order valence-corrected chi connectivity index (χ2v) is 6.94. The van der Waals surface area contributed by atoms with Crippen LogP contribution in [0.5, 0.6) is 0 Å². The van der Waals surface area contributed by atoms with Crippen molar-refractivity contribution in [3.63, 3.8) is 0 Å². The smallest absolute Gasteiger partial charge is 0.315 e. The number of urea groups is 1. The third-order valence-corrected chi connectivity index (χ3v) is 4.14. The van der Waals surface area contributed by atoms with Crippen molar-refractivity contribution in [2.24, 2.45) is 5.92 Å². The summed E-state index contributed by atoms with van der Waals surface area (Å²) in [5.74, 6) is 0.0497. The standard InChI is InChI=1S/C21H29N3O2/c1-16(15-25)12-22-21(26)23-13-19-6-4-5-7-20(19)18-10-8-17(9-11-18)14-24(2)3/h4-11,16,25H,12-15H2,1-3H3,(H2,22,23,26). The SMILES string of the molecule is CC(CO)CNC(=O)NCc1ccccc1-c1ccc(CN(C)C)cc1. The van der Waals surface area contributed by atoms with Crippen LogP contribution in [-0.2, 0) is 13.1 Å². The second-order valence-electron chi connectivity index (χ2n) is 6.94. The largest absolute Gasteiger partial charge is 0.396 e.